The standard InChI is InChI=1S/C22H17FNO3/c1-26-18-5-6-19-20(13-18)27-21(22(19)25)12-15-7-9-24(10-8-15)14-16-3-2-4-17(23)11-16/h2-13H,14H2,1H3/q+1/b21-12-. The number of pyridine rings is 1. The molecule has 0 spiro atoms. The monoisotopic (exact) mass is 362 g/mol. The van der Waals surface area contributed by atoms with E-state index in [0.717, 1.165) is 11.1 Å². The van der Waals surface area contributed by atoms with Gasteiger partial charge in [0.2, 0.25) is 5.78 Å². The number of carbonyl (C=O) groups is 1. The van der Waals surface area contributed by atoms with Crippen LogP contribution in [0.5, 0.6) is 11.5 Å². The highest BCUT2D eigenvalue weighted by Crippen LogP contribution is 2.34. The van der Waals surface area contributed by atoms with Gasteiger partial charge < -0.3 is 9.47 Å². The van der Waals surface area contributed by atoms with Gasteiger partial charge in [0, 0.05) is 23.8 Å². The fraction of sp³-hybridized carbons (Fsp3) is 0.0909. The zero-order valence-corrected chi connectivity index (χ0v) is 14.7. The number of allylic oxidation sites excluding steroid dienone is 1. The molecule has 134 valence electrons. The van der Waals surface area contributed by atoms with Crippen LogP contribution in [0.25, 0.3) is 6.08 Å². The Morgan fingerprint density at radius 2 is 1.93 bits per heavy atom. The number of hydrogen-bond donors (Lipinski definition) is 0. The number of nitrogens with zero attached hydrogens (tertiary/aromatic N) is 1. The molecule has 0 saturated heterocycles. The zero-order valence-electron chi connectivity index (χ0n) is 14.7. The first-order chi connectivity index (χ1) is 13.1. The maximum absolute atomic E-state index is 13.3. The third kappa shape index (κ3) is 3.58. The molecular formula is C22H17FNO3+. The molecule has 1 aliphatic rings. The van der Waals surface area contributed by atoms with Gasteiger partial charge >= 0.3 is 0 Å². The molecule has 0 fully saturated rings. The van der Waals surface area contributed by atoms with E-state index in [4.69, 9.17) is 9.47 Å². The molecule has 0 bridgehead atoms. The van der Waals surface area contributed by atoms with E-state index in [1.54, 1.807) is 37.5 Å². The first-order valence-corrected chi connectivity index (χ1v) is 8.48. The second kappa shape index (κ2) is 7.03. The van der Waals surface area contributed by atoms with Gasteiger partial charge in [-0.25, -0.2) is 8.96 Å². The van der Waals surface area contributed by atoms with E-state index in [9.17, 15) is 9.18 Å². The number of ether oxygens (including phenoxy) is 2. The third-order valence-electron chi connectivity index (χ3n) is 4.35. The fourth-order valence-corrected chi connectivity index (χ4v) is 2.96. The molecule has 2 aromatic carbocycles. The Balaban J connectivity index is 1.52. The highest BCUT2D eigenvalue weighted by atomic mass is 19.1. The Kier molecular flexibility index (Phi) is 4.42. The number of methoxy groups -OCH3 is 1. The zero-order chi connectivity index (χ0) is 18.8. The second-order valence-electron chi connectivity index (χ2n) is 6.24. The fourth-order valence-electron chi connectivity index (χ4n) is 2.96. The number of ketones is 1. The maximum Gasteiger partial charge on any atom is 0.231 e. The van der Waals surface area contributed by atoms with E-state index >= 15 is 0 Å². The van der Waals surface area contributed by atoms with E-state index in [0.29, 0.717) is 23.6 Å². The molecule has 0 atom stereocenters. The van der Waals surface area contributed by atoms with Gasteiger partial charge in [-0.2, -0.15) is 0 Å². The third-order valence-corrected chi connectivity index (χ3v) is 4.35. The lowest BCUT2D eigenvalue weighted by atomic mass is 10.1. The quantitative estimate of drug-likeness (QED) is 0.524. The van der Waals surface area contributed by atoms with Crippen molar-refractivity contribution < 1.29 is 23.2 Å². The second-order valence-corrected chi connectivity index (χ2v) is 6.24. The average molecular weight is 362 g/mol. The molecule has 0 saturated carbocycles. The van der Waals surface area contributed by atoms with Crippen LogP contribution in [-0.2, 0) is 6.54 Å². The van der Waals surface area contributed by atoms with Gasteiger partial charge in [0.15, 0.2) is 24.7 Å². The van der Waals surface area contributed by atoms with Crippen molar-refractivity contribution in [1.82, 2.24) is 0 Å². The van der Waals surface area contributed by atoms with E-state index in [2.05, 4.69) is 0 Å². The molecule has 3 aromatic rings. The van der Waals surface area contributed by atoms with Crippen molar-refractivity contribution in [3.8, 4) is 11.5 Å². The van der Waals surface area contributed by atoms with Crippen molar-refractivity contribution in [3.63, 3.8) is 0 Å². The van der Waals surface area contributed by atoms with Crippen LogP contribution in [0.4, 0.5) is 4.39 Å². The summed E-state index contributed by atoms with van der Waals surface area (Å²) in [6.45, 7) is 0.565. The van der Waals surface area contributed by atoms with Crippen LogP contribution in [0.3, 0.4) is 0 Å². The molecule has 4 rings (SSSR count). The molecule has 0 radical (unpaired) electrons. The maximum atomic E-state index is 13.3. The Morgan fingerprint density at radius 3 is 2.67 bits per heavy atom. The Bertz CT molecular complexity index is 1040. The number of aromatic nitrogens is 1. The average Bonchev–Trinajstić information content (AvgIpc) is 2.98. The normalized spacial score (nSPS) is 14.1. The summed E-state index contributed by atoms with van der Waals surface area (Å²) in [5.74, 6) is 1.02. The molecular weight excluding hydrogens is 345 g/mol. The summed E-state index contributed by atoms with van der Waals surface area (Å²) >= 11 is 0. The minimum absolute atomic E-state index is 0.149. The molecule has 0 aliphatic carbocycles. The van der Waals surface area contributed by atoms with E-state index in [1.165, 1.54) is 12.1 Å². The first kappa shape index (κ1) is 17.0. The molecule has 0 unspecified atom stereocenters. The molecule has 4 nitrogen and oxygen atoms in total. The largest absolute Gasteiger partial charge is 0.497 e. The number of carbonyl (C=O) groups excluding carboxylic acids is 1. The highest BCUT2D eigenvalue weighted by Gasteiger charge is 2.27. The van der Waals surface area contributed by atoms with Crippen molar-refractivity contribution in [1.29, 1.82) is 0 Å². The lowest BCUT2D eigenvalue weighted by molar-refractivity contribution is -0.688. The summed E-state index contributed by atoms with van der Waals surface area (Å²) in [5, 5.41) is 0. The molecule has 1 aliphatic heterocycles. The topological polar surface area (TPSA) is 39.4 Å². The van der Waals surface area contributed by atoms with Crippen LogP contribution >= 0.6 is 0 Å². The van der Waals surface area contributed by atoms with Crippen molar-refractivity contribution in [2.75, 3.05) is 7.11 Å². The Morgan fingerprint density at radius 1 is 1.11 bits per heavy atom. The van der Waals surface area contributed by atoms with Gasteiger partial charge in [-0.05, 0) is 35.9 Å². The lowest BCUT2D eigenvalue weighted by Crippen LogP contribution is -2.33. The number of rotatable bonds is 4. The summed E-state index contributed by atoms with van der Waals surface area (Å²) in [5.41, 5.74) is 2.25. The number of fused-ring (bicyclic) bond motifs is 1. The van der Waals surface area contributed by atoms with Crippen LogP contribution in [0.2, 0.25) is 0 Å². The molecule has 0 amide bonds. The van der Waals surface area contributed by atoms with E-state index in [-0.39, 0.29) is 17.4 Å². The SMILES string of the molecule is COc1ccc2c(c1)O/C(=C\c1cc[n+](Cc3cccc(F)c3)cc1)C2=O. The van der Waals surface area contributed by atoms with E-state index in [1.807, 2.05) is 35.2 Å². The molecule has 0 N–H and O–H groups in total. The van der Waals surface area contributed by atoms with Crippen LogP contribution in [-0.4, -0.2) is 12.9 Å². The summed E-state index contributed by atoms with van der Waals surface area (Å²) in [6, 6.07) is 15.4. The van der Waals surface area contributed by atoms with Gasteiger partial charge in [0.1, 0.15) is 17.3 Å². The van der Waals surface area contributed by atoms with Crippen molar-refractivity contribution in [2.24, 2.45) is 0 Å². The van der Waals surface area contributed by atoms with Crippen LogP contribution in [0.1, 0.15) is 21.5 Å². The predicted molar refractivity (Wildman–Crippen MR) is 98.1 cm³/mol. The Hall–Kier alpha value is -3.47. The highest BCUT2D eigenvalue weighted by molar-refractivity contribution is 6.14. The van der Waals surface area contributed by atoms with Crippen LogP contribution in [0.15, 0.2) is 72.8 Å². The number of Topliss-reactive ketones (excluding diaryl/α,β-unsaturated/α-hetero) is 1. The minimum Gasteiger partial charge on any atom is -0.497 e. The molecule has 27 heavy (non-hydrogen) atoms. The van der Waals surface area contributed by atoms with Gasteiger partial charge in [-0.15, -0.1) is 0 Å². The van der Waals surface area contributed by atoms with Crippen molar-refractivity contribution >= 4 is 11.9 Å². The number of halogens is 1. The summed E-state index contributed by atoms with van der Waals surface area (Å²) in [6.07, 6.45) is 5.47. The summed E-state index contributed by atoms with van der Waals surface area (Å²) < 4.78 is 26.1. The summed E-state index contributed by atoms with van der Waals surface area (Å²) in [4.78, 5) is 12.5. The predicted octanol–water partition coefficient (Wildman–Crippen LogP) is 3.79. The Labute approximate surface area is 156 Å². The summed E-state index contributed by atoms with van der Waals surface area (Å²) in [7, 11) is 1.57. The molecule has 5 heteroatoms. The smallest absolute Gasteiger partial charge is 0.231 e. The van der Waals surface area contributed by atoms with Gasteiger partial charge in [-0.3, -0.25) is 4.79 Å². The minimum atomic E-state index is -0.248. The number of benzene rings is 2. The molecule has 2 heterocycles. The van der Waals surface area contributed by atoms with E-state index < -0.39 is 0 Å². The number of hydrogen-bond acceptors (Lipinski definition) is 3. The molecule has 1 aromatic heterocycles. The first-order valence-electron chi connectivity index (χ1n) is 8.48. The lowest BCUT2D eigenvalue weighted by Gasteiger charge is -2.01. The van der Waals surface area contributed by atoms with Crippen LogP contribution < -0.4 is 14.0 Å². The van der Waals surface area contributed by atoms with Gasteiger partial charge in [-0.1, -0.05) is 12.1 Å². The van der Waals surface area contributed by atoms with Crippen molar-refractivity contribution in [2.45, 2.75) is 6.54 Å². The van der Waals surface area contributed by atoms with Crippen molar-refractivity contribution in [3.05, 3.63) is 95.3 Å². The van der Waals surface area contributed by atoms with Gasteiger partial charge in [0.05, 0.1) is 12.7 Å². The van der Waals surface area contributed by atoms with Crippen LogP contribution in [0, 0.1) is 5.82 Å². The van der Waals surface area contributed by atoms with Gasteiger partial charge in [0.25, 0.3) is 0 Å².